The minimum atomic E-state index is -0.327. The van der Waals surface area contributed by atoms with E-state index in [1.54, 1.807) is 43.5 Å². The number of carbonyl (C=O) groups excluding carboxylic acids is 2. The number of carbonyl (C=O) groups is 2. The molecule has 0 unspecified atom stereocenters. The molecule has 1 fully saturated rings. The maximum Gasteiger partial charge on any atom is 0.251 e. The van der Waals surface area contributed by atoms with Gasteiger partial charge in [-0.05, 0) is 71.9 Å². The Morgan fingerprint density at radius 2 is 1.91 bits per heavy atom. The van der Waals surface area contributed by atoms with Crippen LogP contribution in [0.1, 0.15) is 44.0 Å². The largest absolute Gasteiger partial charge is 0.495 e. The van der Waals surface area contributed by atoms with Gasteiger partial charge < -0.3 is 30.1 Å². The van der Waals surface area contributed by atoms with Crippen molar-refractivity contribution < 1.29 is 14.3 Å². The Labute approximate surface area is 206 Å². The number of likely N-dealkylation sites (tertiary alicyclic amines) is 1. The molecule has 188 valence electrons. The number of aromatic nitrogens is 2. The van der Waals surface area contributed by atoms with Crippen LogP contribution in [-0.2, 0) is 4.79 Å². The number of nitrogens with zero attached hydrogens (tertiary/aromatic N) is 5. The molecule has 0 saturated carbocycles. The number of nitrogens with one attached hydrogen (secondary N) is 2. The van der Waals surface area contributed by atoms with Crippen LogP contribution in [0.25, 0.3) is 0 Å². The third kappa shape index (κ3) is 5.02. The van der Waals surface area contributed by atoms with Crippen molar-refractivity contribution >= 4 is 35.0 Å². The standard InChI is InChI=1S/C25H35N7O3/c1-15(2)32-16(3)24(34)31(5)20-14-26-25(29-22(20)32)28-19-8-7-17(13-21(19)35-6)23(33)27-18-9-11-30(4)12-10-18/h7-8,13-16,18H,9-12H2,1-6H3,(H,27,33)(H,26,28,29)/t16-/m1/s1. The van der Waals surface area contributed by atoms with Gasteiger partial charge in [-0.2, -0.15) is 4.98 Å². The summed E-state index contributed by atoms with van der Waals surface area (Å²) in [4.78, 5) is 40.5. The monoisotopic (exact) mass is 481 g/mol. The summed E-state index contributed by atoms with van der Waals surface area (Å²) in [6.45, 7) is 7.91. The SMILES string of the molecule is COc1cc(C(=O)NC2CCN(C)CC2)ccc1Nc1ncc2c(n1)N(C(C)C)[C@H](C)C(=O)N2C. The summed E-state index contributed by atoms with van der Waals surface area (Å²) in [5.41, 5.74) is 1.85. The van der Waals surface area contributed by atoms with E-state index < -0.39 is 0 Å². The molecule has 10 heteroatoms. The maximum atomic E-state index is 12.8. The average Bonchev–Trinajstić information content (AvgIpc) is 2.84. The van der Waals surface area contributed by atoms with Gasteiger partial charge in [0.15, 0.2) is 5.82 Å². The molecule has 1 saturated heterocycles. The molecule has 2 aliphatic heterocycles. The molecule has 2 N–H and O–H groups in total. The highest BCUT2D eigenvalue weighted by atomic mass is 16.5. The summed E-state index contributed by atoms with van der Waals surface area (Å²) in [5, 5.41) is 6.35. The summed E-state index contributed by atoms with van der Waals surface area (Å²) < 4.78 is 5.56. The van der Waals surface area contributed by atoms with E-state index in [0.29, 0.717) is 34.5 Å². The van der Waals surface area contributed by atoms with E-state index in [2.05, 4.69) is 27.6 Å². The fourth-order valence-electron chi connectivity index (χ4n) is 4.72. The van der Waals surface area contributed by atoms with E-state index in [4.69, 9.17) is 9.72 Å². The number of benzene rings is 1. The van der Waals surface area contributed by atoms with E-state index >= 15 is 0 Å². The molecule has 2 aromatic rings. The van der Waals surface area contributed by atoms with Gasteiger partial charge in [-0.1, -0.05) is 0 Å². The van der Waals surface area contributed by atoms with Gasteiger partial charge in [0.2, 0.25) is 11.9 Å². The molecule has 1 atom stereocenters. The van der Waals surface area contributed by atoms with E-state index in [-0.39, 0.29) is 29.9 Å². The van der Waals surface area contributed by atoms with Gasteiger partial charge in [0.1, 0.15) is 17.5 Å². The van der Waals surface area contributed by atoms with E-state index in [0.717, 1.165) is 25.9 Å². The quantitative estimate of drug-likeness (QED) is 0.649. The first-order valence-electron chi connectivity index (χ1n) is 12.1. The summed E-state index contributed by atoms with van der Waals surface area (Å²) in [7, 11) is 5.40. The molecular formula is C25H35N7O3. The number of hydrogen-bond acceptors (Lipinski definition) is 8. The number of ether oxygens (including phenoxy) is 1. The Kier molecular flexibility index (Phi) is 7.11. The molecule has 0 aliphatic carbocycles. The summed E-state index contributed by atoms with van der Waals surface area (Å²) >= 11 is 0. The van der Waals surface area contributed by atoms with Crippen LogP contribution >= 0.6 is 0 Å². The Hall–Kier alpha value is -3.40. The number of rotatable bonds is 6. The number of amides is 2. The van der Waals surface area contributed by atoms with Gasteiger partial charge in [0.05, 0.1) is 19.0 Å². The molecule has 2 aliphatic rings. The molecule has 0 radical (unpaired) electrons. The topological polar surface area (TPSA) is 103 Å². The van der Waals surface area contributed by atoms with Crippen molar-refractivity contribution in [2.45, 2.75) is 51.7 Å². The van der Waals surface area contributed by atoms with Crippen molar-refractivity contribution in [1.82, 2.24) is 20.2 Å². The first-order chi connectivity index (χ1) is 16.7. The average molecular weight is 482 g/mol. The molecular weight excluding hydrogens is 446 g/mol. The van der Waals surface area contributed by atoms with Crippen LogP contribution in [0.5, 0.6) is 5.75 Å². The minimum absolute atomic E-state index is 0.00582. The second-order valence-electron chi connectivity index (χ2n) is 9.57. The lowest BCUT2D eigenvalue weighted by atomic mass is 10.0. The van der Waals surface area contributed by atoms with Crippen LogP contribution in [0.15, 0.2) is 24.4 Å². The molecule has 0 bridgehead atoms. The second kappa shape index (κ2) is 10.1. The van der Waals surface area contributed by atoms with Crippen molar-refractivity contribution in [3.05, 3.63) is 30.0 Å². The predicted molar refractivity (Wildman–Crippen MR) is 137 cm³/mol. The van der Waals surface area contributed by atoms with Gasteiger partial charge >= 0.3 is 0 Å². The Bertz CT molecular complexity index is 1100. The van der Waals surface area contributed by atoms with Crippen LogP contribution in [-0.4, -0.2) is 79.1 Å². The first kappa shape index (κ1) is 24.7. The summed E-state index contributed by atoms with van der Waals surface area (Å²) in [5.74, 6) is 1.49. The van der Waals surface area contributed by atoms with Crippen LogP contribution in [0.4, 0.5) is 23.1 Å². The van der Waals surface area contributed by atoms with Crippen molar-refractivity contribution in [2.24, 2.45) is 0 Å². The third-order valence-electron chi connectivity index (χ3n) is 6.78. The lowest BCUT2D eigenvalue weighted by molar-refractivity contribution is -0.119. The highest BCUT2D eigenvalue weighted by Gasteiger charge is 2.36. The van der Waals surface area contributed by atoms with E-state index in [1.807, 2.05) is 25.7 Å². The first-order valence-corrected chi connectivity index (χ1v) is 12.1. The molecule has 0 spiro atoms. The van der Waals surface area contributed by atoms with Crippen molar-refractivity contribution in [1.29, 1.82) is 0 Å². The molecule has 1 aromatic carbocycles. The lowest BCUT2D eigenvalue weighted by Crippen LogP contribution is -2.53. The van der Waals surface area contributed by atoms with E-state index in [9.17, 15) is 9.59 Å². The number of anilines is 4. The lowest BCUT2D eigenvalue weighted by Gasteiger charge is -2.41. The highest BCUT2D eigenvalue weighted by molar-refractivity contribution is 6.04. The summed E-state index contributed by atoms with van der Waals surface area (Å²) in [6, 6.07) is 5.22. The van der Waals surface area contributed by atoms with Crippen molar-refractivity contribution in [2.75, 3.05) is 49.4 Å². The smallest absolute Gasteiger partial charge is 0.251 e. The fourth-order valence-corrected chi connectivity index (χ4v) is 4.72. The number of fused-ring (bicyclic) bond motifs is 1. The molecule has 35 heavy (non-hydrogen) atoms. The Morgan fingerprint density at radius 1 is 1.20 bits per heavy atom. The number of hydrogen-bond donors (Lipinski definition) is 2. The number of piperidine rings is 1. The zero-order chi connectivity index (χ0) is 25.3. The van der Waals surface area contributed by atoms with Gasteiger partial charge in [0.25, 0.3) is 5.91 Å². The van der Waals surface area contributed by atoms with Gasteiger partial charge in [0, 0.05) is 24.7 Å². The molecule has 10 nitrogen and oxygen atoms in total. The molecule has 3 heterocycles. The van der Waals surface area contributed by atoms with Crippen molar-refractivity contribution in [3.63, 3.8) is 0 Å². The van der Waals surface area contributed by atoms with Crippen molar-refractivity contribution in [3.8, 4) is 5.75 Å². The zero-order valence-electron chi connectivity index (χ0n) is 21.3. The van der Waals surface area contributed by atoms with Crippen LogP contribution in [0.3, 0.4) is 0 Å². The Morgan fingerprint density at radius 3 is 2.57 bits per heavy atom. The van der Waals surface area contributed by atoms with E-state index in [1.165, 1.54) is 0 Å². The predicted octanol–water partition coefficient (Wildman–Crippen LogP) is 2.63. The Balaban J connectivity index is 1.54. The van der Waals surface area contributed by atoms with Gasteiger partial charge in [-0.25, -0.2) is 4.98 Å². The van der Waals surface area contributed by atoms with Crippen LogP contribution in [0.2, 0.25) is 0 Å². The van der Waals surface area contributed by atoms with Crippen LogP contribution in [0, 0.1) is 0 Å². The number of methoxy groups -OCH3 is 1. The molecule has 4 rings (SSSR count). The normalized spacial score (nSPS) is 19.1. The fraction of sp³-hybridized carbons (Fsp3) is 0.520. The second-order valence-corrected chi connectivity index (χ2v) is 9.57. The number of likely N-dealkylation sites (N-methyl/N-ethyl adjacent to an activating group) is 1. The summed E-state index contributed by atoms with van der Waals surface area (Å²) in [6.07, 6.45) is 3.54. The van der Waals surface area contributed by atoms with Crippen LogP contribution < -0.4 is 25.2 Å². The third-order valence-corrected chi connectivity index (χ3v) is 6.78. The minimum Gasteiger partial charge on any atom is -0.495 e. The van der Waals surface area contributed by atoms with Gasteiger partial charge in [-0.3, -0.25) is 9.59 Å². The molecule has 2 amide bonds. The van der Waals surface area contributed by atoms with Gasteiger partial charge in [-0.15, -0.1) is 0 Å². The zero-order valence-corrected chi connectivity index (χ0v) is 21.3. The molecule has 1 aromatic heterocycles. The highest BCUT2D eigenvalue weighted by Crippen LogP contribution is 2.36. The maximum absolute atomic E-state index is 12.8.